The van der Waals surface area contributed by atoms with Crippen LogP contribution in [0.4, 0.5) is 4.39 Å². The van der Waals surface area contributed by atoms with E-state index >= 15 is 0 Å². The van der Waals surface area contributed by atoms with Gasteiger partial charge in [0.25, 0.3) is 5.91 Å². The van der Waals surface area contributed by atoms with Crippen molar-refractivity contribution in [2.75, 3.05) is 13.2 Å². The van der Waals surface area contributed by atoms with Crippen LogP contribution in [0.2, 0.25) is 5.02 Å². The standard InChI is InChI=1S/C18H17ClFNO4/c1-12(21-17(22)13-6-2-3-7-14(13)19)18(23)25-11-10-24-16-9-5-4-8-15(16)20/h2-9,12H,10-11H2,1H3,(H,21,22)/t12-/m1/s1. The van der Waals surface area contributed by atoms with Crippen molar-refractivity contribution >= 4 is 23.5 Å². The maximum Gasteiger partial charge on any atom is 0.328 e. The van der Waals surface area contributed by atoms with Crippen LogP contribution in [-0.2, 0) is 9.53 Å². The molecule has 0 aliphatic heterocycles. The van der Waals surface area contributed by atoms with E-state index < -0.39 is 23.7 Å². The lowest BCUT2D eigenvalue weighted by molar-refractivity contribution is -0.146. The predicted molar refractivity (Wildman–Crippen MR) is 91.2 cm³/mol. The highest BCUT2D eigenvalue weighted by atomic mass is 35.5. The summed E-state index contributed by atoms with van der Waals surface area (Å²) in [6.45, 7) is 1.42. The molecule has 1 amide bonds. The van der Waals surface area contributed by atoms with Gasteiger partial charge in [0.05, 0.1) is 10.6 Å². The molecule has 0 saturated carbocycles. The van der Waals surface area contributed by atoms with Gasteiger partial charge in [-0.2, -0.15) is 0 Å². The van der Waals surface area contributed by atoms with E-state index in [9.17, 15) is 14.0 Å². The molecule has 2 aromatic rings. The highest BCUT2D eigenvalue weighted by molar-refractivity contribution is 6.33. The molecule has 0 saturated heterocycles. The SMILES string of the molecule is C[C@@H](NC(=O)c1ccccc1Cl)C(=O)OCCOc1ccccc1F. The summed E-state index contributed by atoms with van der Waals surface area (Å²) in [6, 6.07) is 11.6. The zero-order chi connectivity index (χ0) is 18.2. The molecule has 0 radical (unpaired) electrons. The third-order valence-electron chi connectivity index (χ3n) is 3.24. The van der Waals surface area contributed by atoms with E-state index in [1.807, 2.05) is 0 Å². The average molecular weight is 366 g/mol. The molecule has 1 N–H and O–H groups in total. The number of benzene rings is 2. The molecular weight excluding hydrogens is 349 g/mol. The van der Waals surface area contributed by atoms with Crippen molar-refractivity contribution in [1.82, 2.24) is 5.32 Å². The van der Waals surface area contributed by atoms with Crippen LogP contribution in [0.1, 0.15) is 17.3 Å². The number of amides is 1. The Morgan fingerprint density at radius 3 is 2.52 bits per heavy atom. The average Bonchev–Trinajstić information content (AvgIpc) is 2.60. The van der Waals surface area contributed by atoms with Crippen LogP contribution in [0, 0.1) is 5.82 Å². The van der Waals surface area contributed by atoms with Crippen LogP contribution < -0.4 is 10.1 Å². The molecule has 0 aliphatic carbocycles. The van der Waals surface area contributed by atoms with E-state index in [4.69, 9.17) is 21.1 Å². The quantitative estimate of drug-likeness (QED) is 0.604. The van der Waals surface area contributed by atoms with Crippen molar-refractivity contribution in [3.8, 4) is 5.75 Å². The lowest BCUT2D eigenvalue weighted by Crippen LogP contribution is -2.40. The number of hydrogen-bond acceptors (Lipinski definition) is 4. The van der Waals surface area contributed by atoms with Crippen molar-refractivity contribution in [2.24, 2.45) is 0 Å². The fraction of sp³-hybridized carbons (Fsp3) is 0.222. The predicted octanol–water partition coefficient (Wildman–Crippen LogP) is 3.22. The first-order valence-electron chi connectivity index (χ1n) is 7.58. The summed E-state index contributed by atoms with van der Waals surface area (Å²) < 4.78 is 23.5. The molecular formula is C18H17ClFNO4. The zero-order valence-electron chi connectivity index (χ0n) is 13.5. The Bertz CT molecular complexity index is 753. The summed E-state index contributed by atoms with van der Waals surface area (Å²) >= 11 is 5.93. The Morgan fingerprint density at radius 1 is 1.12 bits per heavy atom. The number of hydrogen-bond donors (Lipinski definition) is 1. The molecule has 0 bridgehead atoms. The van der Waals surface area contributed by atoms with E-state index in [-0.39, 0.29) is 24.5 Å². The van der Waals surface area contributed by atoms with Gasteiger partial charge in [0.1, 0.15) is 19.3 Å². The van der Waals surface area contributed by atoms with Crippen LogP contribution in [0.15, 0.2) is 48.5 Å². The smallest absolute Gasteiger partial charge is 0.328 e. The largest absolute Gasteiger partial charge is 0.487 e. The zero-order valence-corrected chi connectivity index (χ0v) is 14.3. The van der Waals surface area contributed by atoms with Crippen LogP contribution in [0.5, 0.6) is 5.75 Å². The van der Waals surface area contributed by atoms with Gasteiger partial charge in [0.2, 0.25) is 0 Å². The number of ether oxygens (including phenoxy) is 2. The molecule has 132 valence electrons. The van der Waals surface area contributed by atoms with Crippen molar-refractivity contribution < 1.29 is 23.5 Å². The van der Waals surface area contributed by atoms with E-state index in [1.165, 1.54) is 19.1 Å². The maximum absolute atomic E-state index is 13.3. The van der Waals surface area contributed by atoms with Crippen LogP contribution in [0.25, 0.3) is 0 Å². The maximum atomic E-state index is 13.3. The number of rotatable bonds is 7. The van der Waals surface area contributed by atoms with Crippen LogP contribution >= 0.6 is 11.6 Å². The van der Waals surface area contributed by atoms with E-state index in [2.05, 4.69) is 5.32 Å². The summed E-state index contributed by atoms with van der Waals surface area (Å²) in [4.78, 5) is 23.9. The summed E-state index contributed by atoms with van der Waals surface area (Å²) in [5.41, 5.74) is 0.270. The van der Waals surface area contributed by atoms with Gasteiger partial charge in [-0.15, -0.1) is 0 Å². The third kappa shape index (κ3) is 5.46. The minimum absolute atomic E-state index is 0.00213. The van der Waals surface area contributed by atoms with Crippen molar-refractivity contribution in [2.45, 2.75) is 13.0 Å². The second-order valence-corrected chi connectivity index (χ2v) is 5.53. The Labute approximate surface area is 149 Å². The summed E-state index contributed by atoms with van der Waals surface area (Å²) in [5, 5.41) is 2.80. The van der Waals surface area contributed by atoms with E-state index in [1.54, 1.807) is 36.4 Å². The third-order valence-corrected chi connectivity index (χ3v) is 3.57. The van der Waals surface area contributed by atoms with Gasteiger partial charge >= 0.3 is 5.97 Å². The van der Waals surface area contributed by atoms with E-state index in [0.29, 0.717) is 5.02 Å². The fourth-order valence-corrected chi connectivity index (χ4v) is 2.18. The molecule has 0 aliphatic rings. The van der Waals surface area contributed by atoms with Gasteiger partial charge in [-0.25, -0.2) is 9.18 Å². The monoisotopic (exact) mass is 365 g/mol. The normalized spacial score (nSPS) is 11.5. The van der Waals surface area contributed by atoms with Crippen molar-refractivity contribution in [3.05, 3.63) is 64.9 Å². The molecule has 0 spiro atoms. The fourth-order valence-electron chi connectivity index (χ4n) is 1.96. The lowest BCUT2D eigenvalue weighted by Gasteiger charge is -2.14. The Hall–Kier alpha value is -2.60. The number of nitrogens with one attached hydrogen (secondary N) is 1. The molecule has 0 aromatic heterocycles. The van der Waals surface area contributed by atoms with Crippen molar-refractivity contribution in [3.63, 3.8) is 0 Å². The minimum atomic E-state index is -0.864. The number of carbonyl (C=O) groups is 2. The Balaban J connectivity index is 1.76. The summed E-state index contributed by atoms with van der Waals surface area (Å²) in [5.74, 6) is -1.51. The van der Waals surface area contributed by atoms with Crippen LogP contribution in [0.3, 0.4) is 0 Å². The molecule has 7 heteroatoms. The lowest BCUT2D eigenvalue weighted by atomic mass is 10.2. The molecule has 1 atom stereocenters. The van der Waals surface area contributed by atoms with Crippen LogP contribution in [-0.4, -0.2) is 31.1 Å². The minimum Gasteiger partial charge on any atom is -0.487 e. The first-order valence-corrected chi connectivity index (χ1v) is 7.96. The number of halogens is 2. The van der Waals surface area contributed by atoms with Gasteiger partial charge in [-0.05, 0) is 31.2 Å². The first kappa shape index (κ1) is 18.7. The number of para-hydroxylation sites is 1. The van der Waals surface area contributed by atoms with Gasteiger partial charge in [-0.3, -0.25) is 4.79 Å². The second kappa shape index (κ2) is 9.03. The molecule has 2 aromatic carbocycles. The van der Waals surface area contributed by atoms with Gasteiger partial charge in [0, 0.05) is 0 Å². The molecule has 0 heterocycles. The summed E-state index contributed by atoms with van der Waals surface area (Å²) in [7, 11) is 0. The van der Waals surface area contributed by atoms with Gasteiger partial charge in [0.15, 0.2) is 11.6 Å². The number of esters is 1. The Kier molecular flexibility index (Phi) is 6.77. The second-order valence-electron chi connectivity index (χ2n) is 5.12. The molecule has 0 fully saturated rings. The van der Waals surface area contributed by atoms with E-state index in [0.717, 1.165) is 0 Å². The number of carbonyl (C=O) groups excluding carboxylic acids is 2. The summed E-state index contributed by atoms with van der Waals surface area (Å²) in [6.07, 6.45) is 0. The van der Waals surface area contributed by atoms with Crippen molar-refractivity contribution in [1.29, 1.82) is 0 Å². The van der Waals surface area contributed by atoms with Gasteiger partial charge in [-0.1, -0.05) is 35.9 Å². The molecule has 0 unspecified atom stereocenters. The highest BCUT2D eigenvalue weighted by Crippen LogP contribution is 2.15. The van der Waals surface area contributed by atoms with Gasteiger partial charge < -0.3 is 14.8 Å². The Morgan fingerprint density at radius 2 is 1.80 bits per heavy atom. The first-order chi connectivity index (χ1) is 12.0. The highest BCUT2D eigenvalue weighted by Gasteiger charge is 2.19. The molecule has 5 nitrogen and oxygen atoms in total. The molecule has 25 heavy (non-hydrogen) atoms. The topological polar surface area (TPSA) is 64.6 Å². The molecule has 2 rings (SSSR count).